The number of carbonyl (C=O) groups is 1. The summed E-state index contributed by atoms with van der Waals surface area (Å²) in [4.78, 5) is 19.0. The zero-order valence-corrected chi connectivity index (χ0v) is 10.5. The number of hydrogen-bond donors (Lipinski definition) is 1. The topological polar surface area (TPSA) is 54.9 Å². The van der Waals surface area contributed by atoms with E-state index in [0.29, 0.717) is 5.82 Å². The van der Waals surface area contributed by atoms with Crippen LogP contribution in [0.15, 0.2) is 18.6 Å². The first-order valence-corrected chi connectivity index (χ1v) is 6.04. The van der Waals surface area contributed by atoms with E-state index in [1.54, 1.807) is 6.20 Å². The molecule has 0 aromatic carbocycles. The fraction of sp³-hybridized carbons (Fsp3) is 0.375. The molecule has 1 N–H and O–H groups in total. The maximum Gasteiger partial charge on any atom is 0.239 e. The third-order valence-electron chi connectivity index (χ3n) is 1.46. The summed E-state index contributed by atoms with van der Waals surface area (Å²) in [5, 5.41) is 3.42. The second-order valence-electron chi connectivity index (χ2n) is 2.53. The van der Waals surface area contributed by atoms with Crippen molar-refractivity contribution in [3.8, 4) is 0 Å². The lowest BCUT2D eigenvalue weighted by Crippen LogP contribution is -2.23. The van der Waals surface area contributed by atoms with Crippen molar-refractivity contribution in [1.82, 2.24) is 9.97 Å². The Bertz CT molecular complexity index is 294. The van der Waals surface area contributed by atoms with Gasteiger partial charge in [-0.05, 0) is 6.42 Å². The van der Waals surface area contributed by atoms with Crippen molar-refractivity contribution in [2.45, 2.75) is 11.2 Å². The smallest absolute Gasteiger partial charge is 0.239 e. The van der Waals surface area contributed by atoms with E-state index < -0.39 is 0 Å². The Labute approximate surface area is 98.8 Å². The molecule has 0 aliphatic carbocycles. The van der Waals surface area contributed by atoms with Crippen LogP contribution in [0.1, 0.15) is 6.42 Å². The van der Waals surface area contributed by atoms with Gasteiger partial charge in [-0.25, -0.2) is 4.98 Å². The largest absolute Gasteiger partial charge is 0.308 e. The fourth-order valence-corrected chi connectivity index (χ4v) is 2.21. The number of aromatic nitrogens is 2. The number of nitrogens with zero attached hydrogens (tertiary/aromatic N) is 2. The Morgan fingerprint density at radius 1 is 1.57 bits per heavy atom. The van der Waals surface area contributed by atoms with Crippen molar-refractivity contribution < 1.29 is 4.79 Å². The van der Waals surface area contributed by atoms with Gasteiger partial charge in [0, 0.05) is 17.7 Å². The van der Waals surface area contributed by atoms with Crippen molar-refractivity contribution >= 4 is 43.6 Å². The lowest BCUT2D eigenvalue weighted by atomic mass is 10.3. The van der Waals surface area contributed by atoms with Gasteiger partial charge >= 0.3 is 0 Å². The van der Waals surface area contributed by atoms with Gasteiger partial charge in [0.1, 0.15) is 0 Å². The van der Waals surface area contributed by atoms with Gasteiger partial charge < -0.3 is 5.32 Å². The van der Waals surface area contributed by atoms with E-state index in [-0.39, 0.29) is 10.7 Å². The molecule has 1 atom stereocenters. The van der Waals surface area contributed by atoms with Crippen molar-refractivity contribution in [1.29, 1.82) is 0 Å². The van der Waals surface area contributed by atoms with Crippen molar-refractivity contribution in [3.05, 3.63) is 18.6 Å². The average molecular weight is 323 g/mol. The number of alkyl halides is 2. The lowest BCUT2D eigenvalue weighted by molar-refractivity contribution is -0.115. The van der Waals surface area contributed by atoms with Crippen LogP contribution in [-0.2, 0) is 4.79 Å². The maximum atomic E-state index is 11.5. The highest BCUT2D eigenvalue weighted by molar-refractivity contribution is 9.10. The summed E-state index contributed by atoms with van der Waals surface area (Å²) in [6, 6.07) is 0. The van der Waals surface area contributed by atoms with Crippen LogP contribution < -0.4 is 5.32 Å². The third-order valence-corrected chi connectivity index (χ3v) is 2.79. The fourth-order valence-electron chi connectivity index (χ4n) is 0.795. The van der Waals surface area contributed by atoms with E-state index in [2.05, 4.69) is 47.1 Å². The normalized spacial score (nSPS) is 12.1. The molecule has 1 aromatic heterocycles. The van der Waals surface area contributed by atoms with Crippen LogP contribution in [0.5, 0.6) is 0 Å². The Hall–Kier alpha value is -0.490. The van der Waals surface area contributed by atoms with Gasteiger partial charge in [-0.1, -0.05) is 31.9 Å². The predicted octanol–water partition coefficient (Wildman–Crippen LogP) is 1.96. The number of carbonyl (C=O) groups excluding carboxylic acids is 1. The molecule has 0 fully saturated rings. The Balaban J connectivity index is 2.49. The standard InChI is InChI=1S/C8H9Br2N3O/c9-2-1-6(10)8(14)13-7-5-11-3-4-12-7/h3-6H,1-2H2,(H,12,13,14). The molecule has 0 radical (unpaired) electrons. The minimum absolute atomic E-state index is 0.107. The first-order chi connectivity index (χ1) is 6.74. The molecule has 1 rings (SSSR count). The Kier molecular flexibility index (Phi) is 5.03. The van der Waals surface area contributed by atoms with E-state index in [1.807, 2.05) is 0 Å². The van der Waals surface area contributed by atoms with Crippen LogP contribution in [0.3, 0.4) is 0 Å². The maximum absolute atomic E-state index is 11.5. The molecule has 1 aromatic rings. The van der Waals surface area contributed by atoms with Gasteiger partial charge in [0.25, 0.3) is 0 Å². The average Bonchev–Trinajstić information content (AvgIpc) is 2.19. The van der Waals surface area contributed by atoms with Crippen molar-refractivity contribution in [2.24, 2.45) is 0 Å². The molecule has 4 nitrogen and oxygen atoms in total. The molecule has 0 spiro atoms. The number of halogens is 2. The van der Waals surface area contributed by atoms with Crippen molar-refractivity contribution in [3.63, 3.8) is 0 Å². The number of hydrogen-bond acceptors (Lipinski definition) is 3. The second kappa shape index (κ2) is 6.08. The number of anilines is 1. The summed E-state index contributed by atoms with van der Waals surface area (Å²) in [7, 11) is 0. The monoisotopic (exact) mass is 321 g/mol. The summed E-state index contributed by atoms with van der Waals surface area (Å²) in [6.07, 6.45) is 5.32. The van der Waals surface area contributed by atoms with E-state index in [0.717, 1.165) is 11.8 Å². The molecule has 0 saturated heterocycles. The summed E-state index contributed by atoms with van der Waals surface area (Å²) in [5.74, 6) is 0.362. The lowest BCUT2D eigenvalue weighted by Gasteiger charge is -2.07. The molecule has 0 aliphatic heterocycles. The number of nitrogens with one attached hydrogen (secondary N) is 1. The molecule has 1 heterocycles. The quantitative estimate of drug-likeness (QED) is 0.862. The number of rotatable bonds is 4. The Morgan fingerprint density at radius 3 is 2.93 bits per heavy atom. The van der Waals surface area contributed by atoms with Gasteiger partial charge in [0.15, 0.2) is 5.82 Å². The highest BCUT2D eigenvalue weighted by atomic mass is 79.9. The zero-order valence-electron chi connectivity index (χ0n) is 7.28. The van der Waals surface area contributed by atoms with E-state index in [4.69, 9.17) is 0 Å². The second-order valence-corrected chi connectivity index (χ2v) is 4.42. The van der Waals surface area contributed by atoms with E-state index in [1.165, 1.54) is 12.4 Å². The molecule has 0 saturated carbocycles. The minimum atomic E-state index is -0.205. The molecule has 1 unspecified atom stereocenters. The first-order valence-electron chi connectivity index (χ1n) is 4.01. The summed E-state index contributed by atoms with van der Waals surface area (Å²) in [6.45, 7) is 0. The third kappa shape index (κ3) is 3.71. The number of amides is 1. The zero-order chi connectivity index (χ0) is 10.4. The summed E-state index contributed by atoms with van der Waals surface area (Å²) < 4.78 is 0. The van der Waals surface area contributed by atoms with Crippen LogP contribution in [0.2, 0.25) is 0 Å². The first kappa shape index (κ1) is 11.6. The summed E-state index contributed by atoms with van der Waals surface area (Å²) >= 11 is 6.54. The van der Waals surface area contributed by atoms with Crippen LogP contribution in [-0.4, -0.2) is 26.0 Å². The molecule has 6 heteroatoms. The highest BCUT2D eigenvalue weighted by Gasteiger charge is 2.14. The van der Waals surface area contributed by atoms with Crippen LogP contribution in [0.4, 0.5) is 5.82 Å². The van der Waals surface area contributed by atoms with Crippen LogP contribution >= 0.6 is 31.9 Å². The molecule has 0 aliphatic rings. The van der Waals surface area contributed by atoms with E-state index in [9.17, 15) is 4.79 Å². The molecule has 0 bridgehead atoms. The highest BCUT2D eigenvalue weighted by Crippen LogP contribution is 2.09. The Morgan fingerprint density at radius 2 is 2.36 bits per heavy atom. The van der Waals surface area contributed by atoms with Gasteiger partial charge in [-0.3, -0.25) is 9.78 Å². The predicted molar refractivity (Wildman–Crippen MR) is 61.8 cm³/mol. The van der Waals surface area contributed by atoms with Gasteiger partial charge in [-0.2, -0.15) is 0 Å². The van der Waals surface area contributed by atoms with Crippen LogP contribution in [0, 0.1) is 0 Å². The molecule has 1 amide bonds. The summed E-state index contributed by atoms with van der Waals surface area (Å²) in [5.41, 5.74) is 0. The SMILES string of the molecule is O=C(Nc1cnccn1)C(Br)CCBr. The molecule has 76 valence electrons. The van der Waals surface area contributed by atoms with Gasteiger partial charge in [0.05, 0.1) is 11.0 Å². The molecular formula is C8H9Br2N3O. The molecule has 14 heavy (non-hydrogen) atoms. The molecular weight excluding hydrogens is 314 g/mol. The van der Waals surface area contributed by atoms with Gasteiger partial charge in [0.2, 0.25) is 5.91 Å². The van der Waals surface area contributed by atoms with Crippen LogP contribution in [0.25, 0.3) is 0 Å². The van der Waals surface area contributed by atoms with Gasteiger partial charge in [-0.15, -0.1) is 0 Å². The van der Waals surface area contributed by atoms with Crippen molar-refractivity contribution in [2.75, 3.05) is 10.6 Å². The minimum Gasteiger partial charge on any atom is -0.308 e. The van der Waals surface area contributed by atoms with E-state index >= 15 is 0 Å².